The molecule has 0 aliphatic carbocycles. The summed E-state index contributed by atoms with van der Waals surface area (Å²) in [6.07, 6.45) is 2.07. The van der Waals surface area contributed by atoms with Crippen LogP contribution in [0.3, 0.4) is 0 Å². The number of sulfonamides is 1. The fourth-order valence-corrected chi connectivity index (χ4v) is 6.41. The van der Waals surface area contributed by atoms with E-state index in [1.807, 2.05) is 30.3 Å². The van der Waals surface area contributed by atoms with Crippen LogP contribution in [-0.2, 0) is 26.3 Å². The molecule has 1 aromatic heterocycles. The molecule has 0 bridgehead atoms. The van der Waals surface area contributed by atoms with E-state index in [2.05, 4.69) is 9.71 Å². The molecule has 4 aromatic rings. The van der Waals surface area contributed by atoms with Crippen molar-refractivity contribution in [2.45, 2.75) is 28.0 Å². The van der Waals surface area contributed by atoms with E-state index in [4.69, 9.17) is 0 Å². The third-order valence-electron chi connectivity index (χ3n) is 5.20. The van der Waals surface area contributed by atoms with Gasteiger partial charge in [-0.05, 0) is 48.2 Å². The van der Waals surface area contributed by atoms with Gasteiger partial charge in [-0.3, -0.25) is 4.98 Å². The molecule has 8 heteroatoms. The molecular formula is C24H22N2O4S2. The second-order valence-corrected chi connectivity index (χ2v) is 11.0. The zero-order chi connectivity index (χ0) is 22.8. The lowest BCUT2D eigenvalue weighted by atomic mass is 10.1. The van der Waals surface area contributed by atoms with Gasteiger partial charge in [-0.1, -0.05) is 48.5 Å². The average molecular weight is 467 g/mol. The predicted octanol–water partition coefficient (Wildman–Crippen LogP) is 3.90. The first-order valence-corrected chi connectivity index (χ1v) is 13.0. The molecular weight excluding hydrogens is 444 g/mol. The highest BCUT2D eigenvalue weighted by Gasteiger charge is 2.24. The Balaban J connectivity index is 1.67. The number of rotatable bonds is 7. The van der Waals surface area contributed by atoms with Gasteiger partial charge < -0.3 is 0 Å². The zero-order valence-corrected chi connectivity index (χ0v) is 19.0. The van der Waals surface area contributed by atoms with Crippen molar-refractivity contribution < 1.29 is 16.8 Å². The van der Waals surface area contributed by atoms with E-state index < -0.39 is 19.9 Å². The number of nitrogens with one attached hydrogen (secondary N) is 1. The molecule has 32 heavy (non-hydrogen) atoms. The smallest absolute Gasteiger partial charge is 0.240 e. The fraction of sp³-hybridized carbons (Fsp3) is 0.125. The van der Waals surface area contributed by atoms with Gasteiger partial charge in [0.25, 0.3) is 0 Å². The van der Waals surface area contributed by atoms with Crippen molar-refractivity contribution in [3.63, 3.8) is 0 Å². The van der Waals surface area contributed by atoms with Gasteiger partial charge in [0.15, 0.2) is 0 Å². The van der Waals surface area contributed by atoms with Crippen LogP contribution in [0.2, 0.25) is 0 Å². The first kappa shape index (κ1) is 22.1. The van der Waals surface area contributed by atoms with Gasteiger partial charge in [-0.2, -0.15) is 0 Å². The highest BCUT2D eigenvalue weighted by molar-refractivity contribution is 7.92. The minimum atomic E-state index is -3.93. The largest absolute Gasteiger partial charge is 0.261 e. The Labute approximate surface area is 187 Å². The Hall–Kier alpha value is -3.07. The van der Waals surface area contributed by atoms with Crippen molar-refractivity contribution in [2.75, 3.05) is 6.54 Å². The number of hydrogen-bond acceptors (Lipinski definition) is 5. The summed E-state index contributed by atoms with van der Waals surface area (Å²) in [6.45, 7) is 1.79. The standard InChI is InChI=1S/C24H22N2O4S2/c1-18-12-13-21(31(27,28)23-11-6-8-19-7-2-3-10-22(19)23)17-24(18)32(29,30)26-16-14-20-9-4-5-15-25-20/h2-13,15,17,26H,14,16H2,1H3. The molecule has 3 aromatic carbocycles. The molecule has 0 aliphatic heterocycles. The molecule has 0 saturated carbocycles. The molecule has 164 valence electrons. The molecule has 0 atom stereocenters. The molecule has 1 heterocycles. The predicted molar refractivity (Wildman–Crippen MR) is 124 cm³/mol. The SMILES string of the molecule is Cc1ccc(S(=O)(=O)c2cccc3ccccc23)cc1S(=O)(=O)NCCc1ccccn1. The van der Waals surface area contributed by atoms with Gasteiger partial charge in [0.2, 0.25) is 19.9 Å². The van der Waals surface area contributed by atoms with E-state index in [9.17, 15) is 16.8 Å². The third-order valence-corrected chi connectivity index (χ3v) is 8.61. The van der Waals surface area contributed by atoms with Gasteiger partial charge in [0.1, 0.15) is 0 Å². The monoisotopic (exact) mass is 466 g/mol. The highest BCUT2D eigenvalue weighted by Crippen LogP contribution is 2.30. The number of fused-ring (bicyclic) bond motifs is 1. The van der Waals surface area contributed by atoms with Gasteiger partial charge in [-0.15, -0.1) is 0 Å². The maximum absolute atomic E-state index is 13.4. The number of hydrogen-bond donors (Lipinski definition) is 1. The minimum Gasteiger partial charge on any atom is -0.261 e. The van der Waals surface area contributed by atoms with E-state index in [1.165, 1.54) is 24.3 Å². The number of sulfone groups is 1. The Morgan fingerprint density at radius 2 is 1.56 bits per heavy atom. The first-order chi connectivity index (χ1) is 15.3. The van der Waals surface area contributed by atoms with Crippen LogP contribution in [0, 0.1) is 6.92 Å². The van der Waals surface area contributed by atoms with Crippen molar-refractivity contribution in [1.29, 1.82) is 0 Å². The Bertz CT molecular complexity index is 1480. The summed E-state index contributed by atoms with van der Waals surface area (Å²) >= 11 is 0. The summed E-state index contributed by atoms with van der Waals surface area (Å²) < 4.78 is 55.3. The number of aryl methyl sites for hydroxylation is 1. The maximum atomic E-state index is 13.4. The van der Waals surface area contributed by atoms with Crippen LogP contribution in [-0.4, -0.2) is 28.4 Å². The van der Waals surface area contributed by atoms with Crippen molar-refractivity contribution in [3.8, 4) is 0 Å². The van der Waals surface area contributed by atoms with Gasteiger partial charge >= 0.3 is 0 Å². The van der Waals surface area contributed by atoms with Crippen LogP contribution < -0.4 is 4.72 Å². The molecule has 0 radical (unpaired) electrons. The molecule has 0 unspecified atom stereocenters. The highest BCUT2D eigenvalue weighted by atomic mass is 32.2. The Kier molecular flexibility index (Phi) is 6.10. The number of pyridine rings is 1. The molecule has 4 rings (SSSR count). The number of aromatic nitrogens is 1. The molecule has 0 saturated heterocycles. The normalized spacial score (nSPS) is 12.2. The third kappa shape index (κ3) is 4.43. The van der Waals surface area contributed by atoms with E-state index in [-0.39, 0.29) is 21.2 Å². The van der Waals surface area contributed by atoms with Crippen molar-refractivity contribution in [2.24, 2.45) is 0 Å². The summed E-state index contributed by atoms with van der Waals surface area (Å²) in [5.41, 5.74) is 1.23. The van der Waals surface area contributed by atoms with E-state index in [0.29, 0.717) is 17.4 Å². The second kappa shape index (κ2) is 8.82. The second-order valence-electron chi connectivity index (χ2n) is 7.38. The summed E-state index contributed by atoms with van der Waals surface area (Å²) in [7, 11) is -7.84. The number of benzene rings is 3. The van der Waals surface area contributed by atoms with Crippen LogP contribution in [0.25, 0.3) is 10.8 Å². The van der Waals surface area contributed by atoms with Crippen LogP contribution in [0.4, 0.5) is 0 Å². The molecule has 0 amide bonds. The lowest BCUT2D eigenvalue weighted by Crippen LogP contribution is -2.27. The summed E-state index contributed by atoms with van der Waals surface area (Å²) in [4.78, 5) is 4.20. The van der Waals surface area contributed by atoms with Crippen LogP contribution in [0.1, 0.15) is 11.3 Å². The molecule has 0 fully saturated rings. The van der Waals surface area contributed by atoms with Gasteiger partial charge in [-0.25, -0.2) is 21.6 Å². The Morgan fingerprint density at radius 3 is 2.34 bits per heavy atom. The van der Waals surface area contributed by atoms with Crippen LogP contribution in [0.5, 0.6) is 0 Å². The lowest BCUT2D eigenvalue weighted by Gasteiger charge is -2.13. The van der Waals surface area contributed by atoms with E-state index in [1.54, 1.807) is 37.4 Å². The zero-order valence-electron chi connectivity index (χ0n) is 17.4. The van der Waals surface area contributed by atoms with Crippen LogP contribution in [0.15, 0.2) is 99.7 Å². The lowest BCUT2D eigenvalue weighted by molar-refractivity contribution is 0.580. The van der Waals surface area contributed by atoms with Crippen molar-refractivity contribution >= 4 is 30.6 Å². The average Bonchev–Trinajstić information content (AvgIpc) is 2.79. The topological polar surface area (TPSA) is 93.2 Å². The number of nitrogens with zero attached hydrogens (tertiary/aromatic N) is 1. The first-order valence-electron chi connectivity index (χ1n) is 10.0. The van der Waals surface area contributed by atoms with E-state index >= 15 is 0 Å². The Morgan fingerprint density at radius 1 is 0.812 bits per heavy atom. The van der Waals surface area contributed by atoms with Crippen molar-refractivity contribution in [3.05, 3.63) is 96.3 Å². The van der Waals surface area contributed by atoms with E-state index in [0.717, 1.165) is 11.1 Å². The fourth-order valence-electron chi connectivity index (χ4n) is 3.53. The van der Waals surface area contributed by atoms with Crippen molar-refractivity contribution in [1.82, 2.24) is 9.71 Å². The minimum absolute atomic E-state index is 0.0557. The molecule has 0 aliphatic rings. The summed E-state index contributed by atoms with van der Waals surface area (Å²) in [6, 6.07) is 21.9. The molecule has 0 spiro atoms. The van der Waals surface area contributed by atoms with Gasteiger partial charge in [0.05, 0.1) is 14.7 Å². The van der Waals surface area contributed by atoms with Crippen LogP contribution >= 0.6 is 0 Å². The molecule has 6 nitrogen and oxygen atoms in total. The summed E-state index contributed by atoms with van der Waals surface area (Å²) in [5.74, 6) is 0. The quantitative estimate of drug-likeness (QED) is 0.446. The van der Waals surface area contributed by atoms with Gasteiger partial charge in [0, 0.05) is 30.2 Å². The maximum Gasteiger partial charge on any atom is 0.240 e. The molecule has 1 N–H and O–H groups in total. The summed E-state index contributed by atoms with van der Waals surface area (Å²) in [5, 5.41) is 1.39.